The zero-order valence-corrected chi connectivity index (χ0v) is 33.4. The number of anilines is 4. The van der Waals surface area contributed by atoms with E-state index in [1.54, 1.807) is 13.8 Å². The van der Waals surface area contributed by atoms with Gasteiger partial charge in [0.15, 0.2) is 17.6 Å². The molecule has 5 aromatic carbocycles. The molecular weight excluding hydrogens is 825 g/mol. The lowest BCUT2D eigenvalue weighted by molar-refractivity contribution is -0.384. The molecule has 324 valence electrons. The zero-order valence-electron chi connectivity index (χ0n) is 33.4. The Labute approximate surface area is 357 Å². The number of carboxylic acids is 2. The number of ether oxygens (including phenoxy) is 2. The Morgan fingerprint density at radius 1 is 0.603 bits per heavy atom. The van der Waals surface area contributed by atoms with Gasteiger partial charge in [0.25, 0.3) is 29.3 Å². The fourth-order valence-corrected chi connectivity index (χ4v) is 5.75. The molecule has 20 heteroatoms. The van der Waals surface area contributed by atoms with Crippen LogP contribution in [0.25, 0.3) is 0 Å². The van der Waals surface area contributed by atoms with Crippen LogP contribution in [0.3, 0.4) is 0 Å². The minimum atomic E-state index is -1.85. The lowest BCUT2D eigenvalue weighted by atomic mass is 10.1. The molecule has 0 bridgehead atoms. The van der Waals surface area contributed by atoms with Gasteiger partial charge in [0, 0.05) is 53.0 Å². The number of carbonyl (C=O) groups is 7. The third-order valence-electron chi connectivity index (χ3n) is 8.90. The molecule has 0 fully saturated rings. The fourth-order valence-electron chi connectivity index (χ4n) is 5.75. The minimum absolute atomic E-state index is 0.00504. The van der Waals surface area contributed by atoms with Crippen LogP contribution >= 0.6 is 0 Å². The van der Waals surface area contributed by atoms with Crippen LogP contribution in [0.5, 0.6) is 11.5 Å². The highest BCUT2D eigenvalue weighted by Gasteiger charge is 2.36. The van der Waals surface area contributed by atoms with Crippen molar-refractivity contribution in [2.45, 2.75) is 32.1 Å². The summed E-state index contributed by atoms with van der Waals surface area (Å²) in [4.78, 5) is 99.2. The number of hydrogen-bond acceptors (Lipinski definition) is 12. The summed E-state index contributed by atoms with van der Waals surface area (Å²) in [6.07, 6.45) is -2.36. The molecule has 8 N–H and O–H groups in total. The predicted molar refractivity (Wildman–Crippen MR) is 225 cm³/mol. The topological polar surface area (TPSA) is 302 Å². The summed E-state index contributed by atoms with van der Waals surface area (Å²) in [5.41, 5.74) is 0.396. The normalized spacial score (nSPS) is 11.6. The maximum Gasteiger partial charge on any atom is 0.335 e. The van der Waals surface area contributed by atoms with Crippen LogP contribution in [0.4, 0.5) is 28.4 Å². The molecule has 0 heterocycles. The number of methoxy groups -OCH3 is 1. The number of phenolic OH excluding ortho intramolecular Hbond substituents is 1. The van der Waals surface area contributed by atoms with E-state index in [1.807, 2.05) is 0 Å². The quantitative estimate of drug-likeness (QED) is 0.0430. The first-order chi connectivity index (χ1) is 29.9. The number of carboxylic acid groups (broad SMARTS) is 2. The Hall–Kier alpha value is -8.65. The van der Waals surface area contributed by atoms with Crippen molar-refractivity contribution in [2.24, 2.45) is 0 Å². The third-order valence-corrected chi connectivity index (χ3v) is 8.90. The highest BCUT2D eigenvalue weighted by Crippen LogP contribution is 2.39. The van der Waals surface area contributed by atoms with E-state index in [2.05, 4.69) is 26.6 Å². The Morgan fingerprint density at radius 3 is 1.54 bits per heavy atom. The average Bonchev–Trinajstić information content (AvgIpc) is 3.25. The van der Waals surface area contributed by atoms with Crippen LogP contribution < -0.4 is 31.3 Å². The number of aromatic carboxylic acids is 1. The minimum Gasteiger partial charge on any atom is -0.504 e. The Morgan fingerprint density at radius 2 is 1.06 bits per heavy atom. The first-order valence-corrected chi connectivity index (χ1v) is 18.6. The Balaban J connectivity index is 1.25. The number of carbonyl (C=O) groups excluding carboxylic acids is 5. The summed E-state index contributed by atoms with van der Waals surface area (Å²) >= 11 is 0. The number of nitro groups is 1. The predicted octanol–water partition coefficient (Wildman–Crippen LogP) is 5.38. The van der Waals surface area contributed by atoms with E-state index < -0.39 is 70.4 Å². The van der Waals surface area contributed by atoms with Crippen LogP contribution in [-0.2, 0) is 14.3 Å². The smallest absolute Gasteiger partial charge is 0.335 e. The Kier molecular flexibility index (Phi) is 14.5. The number of benzene rings is 5. The molecule has 0 radical (unpaired) electrons. The molecule has 0 saturated carbocycles. The standard InChI is InChI=1S/C43H38N6O14/c1-22(2)63-35-32(21-20-31(34(35)50)40(54)45-28-16-8-26(9-17-28)42(56)57)47-38(52)23-4-14-29(15-5-23)46-41(55)33(36(62-3)43(58)59)48-39(53)24-6-12-27(13-7-24)44-37(51)25-10-18-30(19-11-25)49(60)61/h4-22,33,36,50H,1-3H3,(H,44,51)(H,45,54)(H,46,55)(H,47,52)(H,48,53)(H,56,57)(H,58,59). The van der Waals surface area contributed by atoms with Crippen molar-refractivity contribution in [1.82, 2.24) is 5.32 Å². The fraction of sp³-hybridized carbons (Fsp3) is 0.140. The summed E-state index contributed by atoms with van der Waals surface area (Å²) in [5.74, 6) is -7.39. The van der Waals surface area contributed by atoms with Crippen LogP contribution in [0.1, 0.15) is 65.6 Å². The largest absolute Gasteiger partial charge is 0.504 e. The number of nitro benzene ring substituents is 1. The molecular formula is C43H38N6O14. The maximum absolute atomic E-state index is 13.5. The molecule has 0 saturated heterocycles. The summed E-state index contributed by atoms with van der Waals surface area (Å²) < 4.78 is 10.8. The number of rotatable bonds is 17. The Bertz CT molecular complexity index is 2560. The van der Waals surface area contributed by atoms with Crippen molar-refractivity contribution in [2.75, 3.05) is 28.4 Å². The van der Waals surface area contributed by atoms with Crippen LogP contribution in [0.15, 0.2) is 109 Å². The van der Waals surface area contributed by atoms with E-state index in [0.29, 0.717) is 0 Å². The van der Waals surface area contributed by atoms with Gasteiger partial charge < -0.3 is 51.4 Å². The molecule has 0 aliphatic rings. The number of aliphatic carboxylic acids is 1. The molecule has 0 aliphatic heterocycles. The van der Waals surface area contributed by atoms with Gasteiger partial charge in [-0.2, -0.15) is 0 Å². The number of nitrogens with zero attached hydrogens (tertiary/aromatic N) is 1. The maximum atomic E-state index is 13.5. The number of amides is 5. The molecule has 0 spiro atoms. The van der Waals surface area contributed by atoms with Crippen molar-refractivity contribution in [3.05, 3.63) is 147 Å². The molecule has 5 aromatic rings. The van der Waals surface area contributed by atoms with Crippen molar-refractivity contribution in [3.63, 3.8) is 0 Å². The number of non-ortho nitro benzene ring substituents is 1. The van der Waals surface area contributed by atoms with Crippen LogP contribution in [0.2, 0.25) is 0 Å². The number of aromatic hydroxyl groups is 1. The van der Waals surface area contributed by atoms with Crippen LogP contribution in [-0.4, -0.2) is 87.1 Å². The summed E-state index contributed by atoms with van der Waals surface area (Å²) in [5, 5.41) is 53.5. The van der Waals surface area contributed by atoms with Gasteiger partial charge in [-0.15, -0.1) is 0 Å². The summed E-state index contributed by atoms with van der Waals surface area (Å²) in [7, 11) is 1.03. The second kappa shape index (κ2) is 20.1. The van der Waals surface area contributed by atoms with Gasteiger partial charge in [-0.05, 0) is 111 Å². The van der Waals surface area contributed by atoms with Gasteiger partial charge in [0.2, 0.25) is 5.91 Å². The molecule has 0 aromatic heterocycles. The first-order valence-electron chi connectivity index (χ1n) is 18.6. The van der Waals surface area contributed by atoms with Crippen LogP contribution in [0, 0.1) is 10.1 Å². The van der Waals surface area contributed by atoms with E-state index in [1.165, 1.54) is 109 Å². The first kappa shape index (κ1) is 45.4. The number of nitrogens with one attached hydrogen (secondary N) is 5. The summed E-state index contributed by atoms with van der Waals surface area (Å²) in [6, 6.07) is 21.7. The van der Waals surface area contributed by atoms with Gasteiger partial charge in [-0.1, -0.05) is 0 Å². The van der Waals surface area contributed by atoms with Gasteiger partial charge in [0.05, 0.1) is 27.8 Å². The SMILES string of the molecule is COC(C(=O)O)C(NC(=O)c1ccc(NC(=O)c2ccc([N+](=O)[O-])cc2)cc1)C(=O)Nc1ccc(C(=O)Nc2ccc(C(=O)Nc3ccc(C(=O)O)cc3)c(O)c2OC(C)C)cc1. The number of hydrogen-bond donors (Lipinski definition) is 8. The van der Waals surface area contributed by atoms with E-state index in [-0.39, 0.29) is 62.0 Å². The molecule has 63 heavy (non-hydrogen) atoms. The van der Waals surface area contributed by atoms with Gasteiger partial charge in [-0.25, -0.2) is 9.59 Å². The second-order valence-corrected chi connectivity index (χ2v) is 13.6. The van der Waals surface area contributed by atoms with Crippen molar-refractivity contribution in [3.8, 4) is 11.5 Å². The van der Waals surface area contributed by atoms with Gasteiger partial charge in [-0.3, -0.25) is 34.1 Å². The molecule has 2 atom stereocenters. The second-order valence-electron chi connectivity index (χ2n) is 13.6. The van der Waals surface area contributed by atoms with Gasteiger partial charge in [0.1, 0.15) is 6.04 Å². The van der Waals surface area contributed by atoms with Crippen molar-refractivity contribution in [1.29, 1.82) is 0 Å². The van der Waals surface area contributed by atoms with Crippen molar-refractivity contribution < 1.29 is 63.3 Å². The van der Waals surface area contributed by atoms with Gasteiger partial charge >= 0.3 is 11.9 Å². The highest BCUT2D eigenvalue weighted by molar-refractivity contribution is 6.10. The van der Waals surface area contributed by atoms with E-state index >= 15 is 0 Å². The van der Waals surface area contributed by atoms with E-state index in [0.717, 1.165) is 7.11 Å². The highest BCUT2D eigenvalue weighted by atomic mass is 16.6. The lowest BCUT2D eigenvalue weighted by Gasteiger charge is -2.23. The third kappa shape index (κ3) is 11.6. The lowest BCUT2D eigenvalue weighted by Crippen LogP contribution is -2.54. The molecule has 5 amide bonds. The molecule has 2 unspecified atom stereocenters. The molecule has 5 rings (SSSR count). The van der Waals surface area contributed by atoms with E-state index in [4.69, 9.17) is 14.6 Å². The molecule has 20 nitrogen and oxygen atoms in total. The van der Waals surface area contributed by atoms with Crippen molar-refractivity contribution >= 4 is 69.9 Å². The summed E-state index contributed by atoms with van der Waals surface area (Å²) in [6.45, 7) is 3.32. The van der Waals surface area contributed by atoms with E-state index in [9.17, 15) is 53.9 Å². The zero-order chi connectivity index (χ0) is 46.0. The number of phenols is 1. The monoisotopic (exact) mass is 862 g/mol. The molecule has 0 aliphatic carbocycles. The average molecular weight is 863 g/mol.